The van der Waals surface area contributed by atoms with E-state index in [9.17, 15) is 14.3 Å². The van der Waals surface area contributed by atoms with E-state index in [2.05, 4.69) is 22.0 Å². The van der Waals surface area contributed by atoms with E-state index < -0.39 is 23.7 Å². The Morgan fingerprint density at radius 2 is 2.11 bits per heavy atom. The zero-order valence-electron chi connectivity index (χ0n) is 19.9. The van der Waals surface area contributed by atoms with Gasteiger partial charge in [-0.2, -0.15) is 0 Å². The first kappa shape index (κ1) is 25.4. The van der Waals surface area contributed by atoms with Crippen LogP contribution in [0.2, 0.25) is 0 Å². The van der Waals surface area contributed by atoms with Crippen LogP contribution in [-0.2, 0) is 4.79 Å². The van der Waals surface area contributed by atoms with Gasteiger partial charge in [0.25, 0.3) is 0 Å². The summed E-state index contributed by atoms with van der Waals surface area (Å²) < 4.78 is 20.1. The van der Waals surface area contributed by atoms with E-state index in [4.69, 9.17) is 10.5 Å². The predicted octanol–water partition coefficient (Wildman–Crippen LogP) is 4.98. The largest absolute Gasteiger partial charge is 0.497 e. The van der Waals surface area contributed by atoms with Crippen molar-refractivity contribution in [2.45, 2.75) is 30.2 Å². The Kier molecular flexibility index (Phi) is 8.59. The molecule has 3 unspecified atom stereocenters. The fraction of sp³-hybridized carbons (Fsp3) is 0.407. The van der Waals surface area contributed by atoms with Gasteiger partial charge in [0.15, 0.2) is 0 Å². The van der Waals surface area contributed by atoms with Gasteiger partial charge in [0.2, 0.25) is 0 Å². The molecule has 0 saturated carbocycles. The van der Waals surface area contributed by atoms with Gasteiger partial charge in [-0.1, -0.05) is 18.2 Å². The molecule has 0 amide bonds. The van der Waals surface area contributed by atoms with Crippen LogP contribution in [-0.4, -0.2) is 53.5 Å². The van der Waals surface area contributed by atoms with Gasteiger partial charge in [0.05, 0.1) is 24.7 Å². The second-order valence-electron chi connectivity index (χ2n) is 9.04. The average molecular weight is 498 g/mol. The third kappa shape index (κ3) is 6.31. The minimum Gasteiger partial charge on any atom is -0.497 e. The number of carbonyl (C=O) groups is 1. The molecule has 3 N–H and O–H groups in total. The first-order valence-corrected chi connectivity index (χ1v) is 13.0. The van der Waals surface area contributed by atoms with Crippen molar-refractivity contribution in [2.24, 2.45) is 17.6 Å². The Labute approximate surface area is 209 Å². The molecule has 1 aromatic heterocycles. The standard InChI is InChI=1S/C27H32FN3O3S/c1-34-19-8-10-25-21(15-19)26(23(28)16-30-25)24(29)9-7-18-11-12-31(17-22(18)27(32)33)13-14-35-20-5-3-2-4-6-20/h2-6,8,10,15-16,18,22,24H,7,9,11-14,17,29H2,1H3,(H,32,33). The van der Waals surface area contributed by atoms with E-state index in [1.165, 1.54) is 11.1 Å². The fourth-order valence-electron chi connectivity index (χ4n) is 4.92. The van der Waals surface area contributed by atoms with Crippen LogP contribution in [0.15, 0.2) is 59.6 Å². The molecule has 4 rings (SSSR count). The number of carboxylic acids is 1. The monoisotopic (exact) mass is 497 g/mol. The Morgan fingerprint density at radius 1 is 1.31 bits per heavy atom. The Bertz CT molecular complexity index is 1150. The van der Waals surface area contributed by atoms with Crippen LogP contribution in [0.25, 0.3) is 10.9 Å². The number of fused-ring (bicyclic) bond motifs is 1. The van der Waals surface area contributed by atoms with Gasteiger partial charge in [-0.15, -0.1) is 11.8 Å². The molecule has 0 radical (unpaired) electrons. The number of nitrogens with zero attached hydrogens (tertiary/aromatic N) is 2. The minimum absolute atomic E-state index is 0.0160. The number of thioether (sulfide) groups is 1. The summed E-state index contributed by atoms with van der Waals surface area (Å²) in [6, 6.07) is 15.0. The summed E-state index contributed by atoms with van der Waals surface area (Å²) >= 11 is 1.79. The first-order chi connectivity index (χ1) is 17.0. The summed E-state index contributed by atoms with van der Waals surface area (Å²) in [6.45, 7) is 2.25. The van der Waals surface area contributed by atoms with Crippen molar-refractivity contribution in [1.82, 2.24) is 9.88 Å². The maximum absolute atomic E-state index is 14.8. The van der Waals surface area contributed by atoms with E-state index in [0.29, 0.717) is 41.6 Å². The van der Waals surface area contributed by atoms with Crippen molar-refractivity contribution in [3.63, 3.8) is 0 Å². The summed E-state index contributed by atoms with van der Waals surface area (Å²) in [5, 5.41) is 10.5. The lowest BCUT2D eigenvalue weighted by molar-refractivity contribution is -0.146. The van der Waals surface area contributed by atoms with Crippen LogP contribution in [0, 0.1) is 17.7 Å². The van der Waals surface area contributed by atoms with Gasteiger partial charge in [-0.3, -0.25) is 9.78 Å². The maximum Gasteiger partial charge on any atom is 0.308 e. The van der Waals surface area contributed by atoms with Gasteiger partial charge in [-0.25, -0.2) is 4.39 Å². The van der Waals surface area contributed by atoms with Crippen molar-refractivity contribution in [2.75, 3.05) is 32.5 Å². The summed E-state index contributed by atoms with van der Waals surface area (Å²) in [5.74, 6) is -0.113. The van der Waals surface area contributed by atoms with Gasteiger partial charge >= 0.3 is 5.97 Å². The Hall–Kier alpha value is -2.68. The number of piperidine rings is 1. The number of ether oxygens (including phenoxy) is 1. The van der Waals surface area contributed by atoms with Gasteiger partial charge < -0.3 is 20.5 Å². The summed E-state index contributed by atoms with van der Waals surface area (Å²) in [7, 11) is 1.56. The third-order valence-corrected chi connectivity index (χ3v) is 7.86. The normalized spacial score (nSPS) is 19.5. The lowest BCUT2D eigenvalue weighted by Gasteiger charge is -2.37. The second kappa shape index (κ2) is 11.8. The summed E-state index contributed by atoms with van der Waals surface area (Å²) in [5.41, 5.74) is 7.54. The molecule has 1 fully saturated rings. The van der Waals surface area contributed by atoms with Crippen LogP contribution in [0.1, 0.15) is 30.9 Å². The highest BCUT2D eigenvalue weighted by Crippen LogP contribution is 2.34. The molecule has 0 bridgehead atoms. The number of hydrogen-bond donors (Lipinski definition) is 2. The smallest absolute Gasteiger partial charge is 0.308 e. The quantitative estimate of drug-likeness (QED) is 0.382. The lowest BCUT2D eigenvalue weighted by Crippen LogP contribution is -2.44. The third-order valence-electron chi connectivity index (χ3n) is 6.86. The van der Waals surface area contributed by atoms with Crippen LogP contribution >= 0.6 is 11.8 Å². The molecule has 186 valence electrons. The van der Waals surface area contributed by atoms with Gasteiger partial charge in [0.1, 0.15) is 11.6 Å². The summed E-state index contributed by atoms with van der Waals surface area (Å²) in [4.78, 5) is 19.7. The molecule has 3 aromatic rings. The van der Waals surface area contributed by atoms with E-state index >= 15 is 0 Å². The van der Waals surface area contributed by atoms with Gasteiger partial charge in [-0.05, 0) is 62.1 Å². The maximum atomic E-state index is 14.8. The number of halogens is 1. The highest BCUT2D eigenvalue weighted by atomic mass is 32.2. The predicted molar refractivity (Wildman–Crippen MR) is 137 cm³/mol. The number of aliphatic carboxylic acids is 1. The molecule has 1 aliphatic rings. The first-order valence-electron chi connectivity index (χ1n) is 12.0. The van der Waals surface area contributed by atoms with E-state index in [1.54, 1.807) is 37.1 Å². The van der Waals surface area contributed by atoms with Crippen molar-refractivity contribution < 1.29 is 19.0 Å². The van der Waals surface area contributed by atoms with E-state index in [1.807, 2.05) is 18.2 Å². The topological polar surface area (TPSA) is 88.7 Å². The SMILES string of the molecule is COc1ccc2ncc(F)c(C(N)CCC3CCN(CCSc4ccccc4)CC3C(=O)O)c2c1. The molecule has 8 heteroatoms. The average Bonchev–Trinajstić information content (AvgIpc) is 2.87. The zero-order valence-corrected chi connectivity index (χ0v) is 20.7. The Morgan fingerprint density at radius 3 is 2.86 bits per heavy atom. The van der Waals surface area contributed by atoms with Crippen molar-refractivity contribution in [3.8, 4) is 5.75 Å². The number of likely N-dealkylation sites (tertiary alicyclic amines) is 1. The number of rotatable bonds is 10. The second-order valence-corrected chi connectivity index (χ2v) is 10.2. The molecule has 3 atom stereocenters. The number of benzene rings is 2. The molecule has 2 aromatic carbocycles. The molecule has 2 heterocycles. The molecule has 1 saturated heterocycles. The molecule has 35 heavy (non-hydrogen) atoms. The number of hydrogen-bond acceptors (Lipinski definition) is 6. The summed E-state index contributed by atoms with van der Waals surface area (Å²) in [6.07, 6.45) is 3.15. The minimum atomic E-state index is -0.769. The molecule has 1 aliphatic heterocycles. The Balaban J connectivity index is 1.37. The van der Waals surface area contributed by atoms with Crippen molar-refractivity contribution in [3.05, 3.63) is 66.1 Å². The van der Waals surface area contributed by atoms with Gasteiger partial charge in [0, 0.05) is 40.7 Å². The number of nitrogens with two attached hydrogens (primary N) is 1. The lowest BCUT2D eigenvalue weighted by atomic mass is 9.81. The molecule has 0 aliphatic carbocycles. The molecule has 6 nitrogen and oxygen atoms in total. The highest BCUT2D eigenvalue weighted by molar-refractivity contribution is 7.99. The molecular weight excluding hydrogens is 465 g/mol. The fourth-order valence-corrected chi connectivity index (χ4v) is 5.85. The van der Waals surface area contributed by atoms with E-state index in [0.717, 1.165) is 25.3 Å². The highest BCUT2D eigenvalue weighted by Gasteiger charge is 2.34. The number of methoxy groups -OCH3 is 1. The number of aromatic nitrogens is 1. The van der Waals surface area contributed by atoms with Crippen LogP contribution < -0.4 is 10.5 Å². The number of pyridine rings is 1. The number of carboxylic acid groups (broad SMARTS) is 1. The molecular formula is C27H32FN3O3S. The van der Waals surface area contributed by atoms with Crippen LogP contribution in [0.4, 0.5) is 4.39 Å². The van der Waals surface area contributed by atoms with Crippen LogP contribution in [0.3, 0.4) is 0 Å². The molecule has 0 spiro atoms. The van der Waals surface area contributed by atoms with Crippen molar-refractivity contribution >= 4 is 28.6 Å². The van der Waals surface area contributed by atoms with Crippen LogP contribution in [0.5, 0.6) is 5.75 Å². The van der Waals surface area contributed by atoms with E-state index in [-0.39, 0.29) is 5.92 Å². The van der Waals surface area contributed by atoms with Crippen molar-refractivity contribution in [1.29, 1.82) is 0 Å². The zero-order chi connectivity index (χ0) is 24.8.